The summed E-state index contributed by atoms with van der Waals surface area (Å²) in [5.41, 5.74) is 0. The number of hydrogen-bond acceptors (Lipinski definition) is 3. The summed E-state index contributed by atoms with van der Waals surface area (Å²) in [5, 5.41) is 2.85. The fraction of sp³-hybridized carbons (Fsp3) is 0.353. The number of halogens is 1. The van der Waals surface area contributed by atoms with Crippen LogP contribution in [0.15, 0.2) is 47.1 Å². The smallest absolute Gasteiger partial charge is 0.318 e. The number of urea groups is 1. The maximum absolute atomic E-state index is 12.8. The van der Waals surface area contributed by atoms with E-state index in [2.05, 4.69) is 5.32 Å². The van der Waals surface area contributed by atoms with Gasteiger partial charge in [0.15, 0.2) is 0 Å². The Labute approximate surface area is 135 Å². The number of nitrogens with zero attached hydrogens (tertiary/aromatic N) is 1. The van der Waals surface area contributed by atoms with Crippen molar-refractivity contribution < 1.29 is 18.3 Å². The Hall–Kier alpha value is -2.50. The number of rotatable bonds is 6. The van der Waals surface area contributed by atoms with E-state index in [-0.39, 0.29) is 23.9 Å². The van der Waals surface area contributed by atoms with Gasteiger partial charge in [-0.3, -0.25) is 0 Å². The van der Waals surface area contributed by atoms with Gasteiger partial charge in [-0.25, -0.2) is 9.18 Å². The lowest BCUT2D eigenvalue weighted by molar-refractivity contribution is 0.178. The molecule has 2 unspecified atom stereocenters. The van der Waals surface area contributed by atoms with Crippen LogP contribution in [0.2, 0.25) is 0 Å². The number of carbonyl (C=O) groups is 1. The first-order valence-electron chi connectivity index (χ1n) is 7.42. The molecule has 1 heterocycles. The molecule has 0 radical (unpaired) electrons. The summed E-state index contributed by atoms with van der Waals surface area (Å²) in [5.74, 6) is 0.968. The predicted octanol–water partition coefficient (Wildman–Crippen LogP) is 3.59. The van der Waals surface area contributed by atoms with E-state index in [0.717, 1.165) is 5.76 Å². The Kier molecular flexibility index (Phi) is 5.62. The minimum absolute atomic E-state index is 0.171. The number of amides is 2. The summed E-state index contributed by atoms with van der Waals surface area (Å²) in [6, 6.07) is 8.79. The van der Waals surface area contributed by atoms with Crippen molar-refractivity contribution in [2.45, 2.75) is 25.9 Å². The van der Waals surface area contributed by atoms with Crippen molar-refractivity contribution in [3.63, 3.8) is 0 Å². The van der Waals surface area contributed by atoms with Gasteiger partial charge in [-0.05, 0) is 50.2 Å². The second-order valence-electron chi connectivity index (χ2n) is 5.42. The first-order chi connectivity index (χ1) is 11.0. The maximum Gasteiger partial charge on any atom is 0.318 e. The lowest BCUT2D eigenvalue weighted by Crippen LogP contribution is -2.44. The molecular weight excluding hydrogens is 299 g/mol. The van der Waals surface area contributed by atoms with Crippen molar-refractivity contribution >= 4 is 6.03 Å². The third-order valence-electron chi connectivity index (χ3n) is 3.54. The molecule has 2 rings (SSSR count). The van der Waals surface area contributed by atoms with Crippen molar-refractivity contribution in [2.24, 2.45) is 0 Å². The van der Waals surface area contributed by atoms with Gasteiger partial charge in [0.25, 0.3) is 0 Å². The highest BCUT2D eigenvalue weighted by atomic mass is 19.1. The summed E-state index contributed by atoms with van der Waals surface area (Å²) in [7, 11) is 1.70. The Morgan fingerprint density at radius 1 is 1.30 bits per heavy atom. The van der Waals surface area contributed by atoms with Gasteiger partial charge >= 0.3 is 6.03 Å². The van der Waals surface area contributed by atoms with Gasteiger partial charge in [-0.15, -0.1) is 0 Å². The summed E-state index contributed by atoms with van der Waals surface area (Å²) in [6.45, 7) is 4.02. The predicted molar refractivity (Wildman–Crippen MR) is 84.8 cm³/mol. The van der Waals surface area contributed by atoms with Crippen LogP contribution < -0.4 is 10.1 Å². The maximum atomic E-state index is 12.8. The van der Waals surface area contributed by atoms with E-state index in [4.69, 9.17) is 9.15 Å². The van der Waals surface area contributed by atoms with Crippen molar-refractivity contribution in [1.82, 2.24) is 10.2 Å². The SMILES string of the molecule is CC(COc1ccc(F)cc1)NC(=O)N(C)C(C)c1ccco1. The normalized spacial score (nSPS) is 13.2. The highest BCUT2D eigenvalue weighted by Gasteiger charge is 2.20. The van der Waals surface area contributed by atoms with Crippen LogP contribution in [-0.2, 0) is 0 Å². The van der Waals surface area contributed by atoms with Gasteiger partial charge in [-0.2, -0.15) is 0 Å². The second-order valence-corrected chi connectivity index (χ2v) is 5.42. The van der Waals surface area contributed by atoms with Crippen LogP contribution in [0.3, 0.4) is 0 Å². The molecule has 0 fully saturated rings. The summed E-state index contributed by atoms with van der Waals surface area (Å²) < 4.78 is 23.6. The summed E-state index contributed by atoms with van der Waals surface area (Å²) >= 11 is 0. The van der Waals surface area contributed by atoms with E-state index in [0.29, 0.717) is 12.4 Å². The molecule has 0 saturated heterocycles. The number of benzene rings is 1. The lowest BCUT2D eigenvalue weighted by Gasteiger charge is -2.25. The molecule has 1 aromatic heterocycles. The van der Waals surface area contributed by atoms with Gasteiger partial charge in [-0.1, -0.05) is 0 Å². The Balaban J connectivity index is 1.80. The minimum atomic E-state index is -0.313. The fourth-order valence-corrected chi connectivity index (χ4v) is 2.00. The van der Waals surface area contributed by atoms with Gasteiger partial charge in [0.2, 0.25) is 0 Å². The summed E-state index contributed by atoms with van der Waals surface area (Å²) in [4.78, 5) is 13.8. The van der Waals surface area contributed by atoms with Crippen molar-refractivity contribution in [3.8, 4) is 5.75 Å². The molecule has 0 bridgehead atoms. The van der Waals surface area contributed by atoms with E-state index in [1.54, 1.807) is 36.4 Å². The number of ether oxygens (including phenoxy) is 1. The van der Waals surface area contributed by atoms with Crippen LogP contribution in [-0.4, -0.2) is 30.6 Å². The molecule has 1 N–H and O–H groups in total. The van der Waals surface area contributed by atoms with E-state index in [9.17, 15) is 9.18 Å². The molecule has 2 amide bonds. The van der Waals surface area contributed by atoms with Crippen molar-refractivity contribution in [2.75, 3.05) is 13.7 Å². The van der Waals surface area contributed by atoms with Crippen molar-refractivity contribution in [1.29, 1.82) is 0 Å². The molecule has 0 spiro atoms. The zero-order valence-electron chi connectivity index (χ0n) is 13.5. The molecule has 0 aliphatic carbocycles. The Bertz CT molecular complexity index is 613. The lowest BCUT2D eigenvalue weighted by atomic mass is 10.2. The summed E-state index contributed by atoms with van der Waals surface area (Å²) in [6.07, 6.45) is 1.58. The molecule has 5 nitrogen and oxygen atoms in total. The van der Waals surface area contributed by atoms with Gasteiger partial charge in [0.05, 0.1) is 18.3 Å². The number of nitrogens with one attached hydrogen (secondary N) is 1. The van der Waals surface area contributed by atoms with Crippen molar-refractivity contribution in [3.05, 3.63) is 54.2 Å². The van der Waals surface area contributed by atoms with E-state index >= 15 is 0 Å². The van der Waals surface area contributed by atoms with E-state index in [1.165, 1.54) is 12.1 Å². The largest absolute Gasteiger partial charge is 0.491 e. The van der Waals surface area contributed by atoms with Crippen LogP contribution in [0.1, 0.15) is 25.6 Å². The van der Waals surface area contributed by atoms with Crippen LogP contribution >= 0.6 is 0 Å². The number of carbonyl (C=O) groups excluding carboxylic acids is 1. The molecule has 23 heavy (non-hydrogen) atoms. The molecular formula is C17H21FN2O3. The minimum Gasteiger partial charge on any atom is -0.491 e. The highest BCUT2D eigenvalue weighted by Crippen LogP contribution is 2.19. The molecule has 0 aliphatic rings. The molecule has 0 aliphatic heterocycles. The molecule has 6 heteroatoms. The van der Waals surface area contributed by atoms with E-state index in [1.807, 2.05) is 19.9 Å². The third-order valence-corrected chi connectivity index (χ3v) is 3.54. The zero-order valence-corrected chi connectivity index (χ0v) is 13.5. The Morgan fingerprint density at radius 3 is 2.61 bits per heavy atom. The van der Waals surface area contributed by atoms with Crippen LogP contribution in [0, 0.1) is 5.82 Å². The quantitative estimate of drug-likeness (QED) is 0.885. The van der Waals surface area contributed by atoms with Gasteiger partial charge in [0.1, 0.15) is 23.9 Å². The second kappa shape index (κ2) is 7.67. The molecule has 1 aromatic carbocycles. The molecule has 0 saturated carbocycles. The average molecular weight is 320 g/mol. The number of furan rings is 1. The number of hydrogen-bond donors (Lipinski definition) is 1. The van der Waals surface area contributed by atoms with Crippen LogP contribution in [0.25, 0.3) is 0 Å². The van der Waals surface area contributed by atoms with Gasteiger partial charge < -0.3 is 19.4 Å². The average Bonchev–Trinajstić information content (AvgIpc) is 3.07. The first kappa shape index (κ1) is 16.9. The zero-order chi connectivity index (χ0) is 16.8. The fourth-order valence-electron chi connectivity index (χ4n) is 2.00. The van der Waals surface area contributed by atoms with E-state index < -0.39 is 0 Å². The monoisotopic (exact) mass is 320 g/mol. The topological polar surface area (TPSA) is 54.7 Å². The molecule has 2 aromatic rings. The molecule has 124 valence electrons. The molecule has 2 atom stereocenters. The highest BCUT2D eigenvalue weighted by molar-refractivity contribution is 5.74. The van der Waals surface area contributed by atoms with Crippen LogP contribution in [0.4, 0.5) is 9.18 Å². The third kappa shape index (κ3) is 4.74. The first-order valence-corrected chi connectivity index (χ1v) is 7.42. The Morgan fingerprint density at radius 2 is 2.00 bits per heavy atom. The standard InChI is InChI=1S/C17H21FN2O3/c1-12(11-23-15-8-6-14(18)7-9-15)19-17(21)20(3)13(2)16-5-4-10-22-16/h4-10,12-13H,11H2,1-3H3,(H,19,21). The van der Waals surface area contributed by atoms with Crippen LogP contribution in [0.5, 0.6) is 5.75 Å². The van der Waals surface area contributed by atoms with Gasteiger partial charge in [0, 0.05) is 7.05 Å².